The average molecular weight is 192 g/mol. The fourth-order valence-corrected chi connectivity index (χ4v) is 1.25. The topological polar surface area (TPSA) is 24.9 Å². The molecule has 1 aromatic rings. The molecule has 0 spiro atoms. The number of pyridine rings is 1. The molecule has 0 aliphatic heterocycles. The van der Waals surface area contributed by atoms with Crippen LogP contribution in [0.25, 0.3) is 0 Å². The molecule has 0 radical (unpaired) electrons. The lowest BCUT2D eigenvalue weighted by molar-refractivity contribution is 1.20. The Morgan fingerprint density at radius 3 is 3.00 bits per heavy atom. The van der Waals surface area contributed by atoms with Crippen LogP contribution in [0.1, 0.15) is 5.69 Å². The monoisotopic (exact) mass is 192 g/mol. The maximum absolute atomic E-state index is 4.28. The first-order valence-corrected chi connectivity index (χ1v) is 4.77. The maximum atomic E-state index is 4.28. The summed E-state index contributed by atoms with van der Waals surface area (Å²) >= 11 is 1.45. The molecule has 0 fully saturated rings. The predicted molar refractivity (Wildman–Crippen MR) is 59.5 cm³/mol. The van der Waals surface area contributed by atoms with Crippen molar-refractivity contribution in [1.29, 1.82) is 0 Å². The molecule has 2 nitrogen and oxygen atoms in total. The summed E-state index contributed by atoms with van der Waals surface area (Å²) in [5.74, 6) is 0.819. The van der Waals surface area contributed by atoms with Gasteiger partial charge in [0.25, 0.3) is 0 Å². The molecule has 1 N–H and O–H groups in total. The Morgan fingerprint density at radius 2 is 2.38 bits per heavy atom. The van der Waals surface area contributed by atoms with Crippen molar-refractivity contribution in [3.05, 3.63) is 47.5 Å². The molecule has 13 heavy (non-hydrogen) atoms. The fourth-order valence-electron chi connectivity index (χ4n) is 0.886. The normalized spacial score (nSPS) is 9.31. The van der Waals surface area contributed by atoms with Crippen LogP contribution in [-0.4, -0.2) is 4.98 Å². The molecule has 1 aromatic heterocycles. The minimum absolute atomic E-state index is 0.819. The molecular weight excluding hydrogens is 180 g/mol. The van der Waals surface area contributed by atoms with Crippen LogP contribution in [-0.2, 0) is 0 Å². The molecule has 0 atom stereocenters. The van der Waals surface area contributed by atoms with Gasteiger partial charge in [0.2, 0.25) is 0 Å². The number of rotatable bonds is 4. The molecule has 0 amide bonds. The number of hydrogen-bond donors (Lipinski definition) is 1. The number of nitrogens with one attached hydrogen (secondary N) is 1. The number of anilines is 1. The van der Waals surface area contributed by atoms with E-state index in [1.54, 1.807) is 5.41 Å². The third-order valence-electron chi connectivity index (χ3n) is 1.38. The maximum Gasteiger partial charge on any atom is 0.130 e. The summed E-state index contributed by atoms with van der Waals surface area (Å²) < 4.78 is 0. The van der Waals surface area contributed by atoms with E-state index in [4.69, 9.17) is 0 Å². The van der Waals surface area contributed by atoms with Crippen molar-refractivity contribution in [2.75, 3.05) is 5.32 Å². The van der Waals surface area contributed by atoms with Gasteiger partial charge in [0.05, 0.1) is 5.03 Å². The SMILES string of the molecule is C=CSC(=C)Nc1cccc(C)n1. The Bertz CT molecular complexity index is 320. The van der Waals surface area contributed by atoms with Crippen LogP contribution in [0.4, 0.5) is 5.82 Å². The average Bonchev–Trinajstić information content (AvgIpc) is 2.04. The van der Waals surface area contributed by atoms with Crippen molar-refractivity contribution in [3.8, 4) is 0 Å². The van der Waals surface area contributed by atoms with E-state index in [0.717, 1.165) is 16.5 Å². The largest absolute Gasteiger partial charge is 0.335 e. The summed E-state index contributed by atoms with van der Waals surface area (Å²) in [7, 11) is 0. The van der Waals surface area contributed by atoms with Crippen molar-refractivity contribution in [3.63, 3.8) is 0 Å². The van der Waals surface area contributed by atoms with E-state index in [1.165, 1.54) is 11.8 Å². The van der Waals surface area contributed by atoms with Gasteiger partial charge in [0, 0.05) is 5.69 Å². The minimum Gasteiger partial charge on any atom is -0.335 e. The zero-order valence-corrected chi connectivity index (χ0v) is 8.40. The summed E-state index contributed by atoms with van der Waals surface area (Å²) in [5, 5.41) is 5.62. The van der Waals surface area contributed by atoms with E-state index in [-0.39, 0.29) is 0 Å². The van der Waals surface area contributed by atoms with Gasteiger partial charge in [-0.25, -0.2) is 4.98 Å². The highest BCUT2D eigenvalue weighted by Crippen LogP contribution is 2.16. The number of nitrogens with zero attached hydrogens (tertiary/aromatic N) is 1. The van der Waals surface area contributed by atoms with Crippen molar-refractivity contribution in [1.82, 2.24) is 4.98 Å². The van der Waals surface area contributed by atoms with Gasteiger partial charge >= 0.3 is 0 Å². The summed E-state index contributed by atoms with van der Waals surface area (Å²) in [6.45, 7) is 9.36. The van der Waals surface area contributed by atoms with Gasteiger partial charge in [0.15, 0.2) is 0 Å². The molecule has 1 rings (SSSR count). The van der Waals surface area contributed by atoms with Crippen molar-refractivity contribution < 1.29 is 0 Å². The third-order valence-corrected chi connectivity index (χ3v) is 1.93. The summed E-state index contributed by atoms with van der Waals surface area (Å²) in [5.41, 5.74) is 0.987. The molecule has 0 saturated heterocycles. The lowest BCUT2D eigenvalue weighted by atomic mass is 10.4. The van der Waals surface area contributed by atoms with Crippen molar-refractivity contribution in [2.24, 2.45) is 0 Å². The molecule has 0 unspecified atom stereocenters. The second kappa shape index (κ2) is 4.72. The van der Waals surface area contributed by atoms with E-state index in [0.29, 0.717) is 0 Å². The van der Waals surface area contributed by atoms with Crippen LogP contribution in [0.5, 0.6) is 0 Å². The lowest BCUT2D eigenvalue weighted by Crippen LogP contribution is -1.96. The van der Waals surface area contributed by atoms with Gasteiger partial charge in [-0.05, 0) is 24.5 Å². The van der Waals surface area contributed by atoms with E-state index < -0.39 is 0 Å². The Morgan fingerprint density at radius 1 is 1.62 bits per heavy atom. The first kappa shape index (κ1) is 9.86. The number of aryl methyl sites for hydroxylation is 1. The molecule has 0 aromatic carbocycles. The Kier molecular flexibility index (Phi) is 3.58. The number of hydrogen-bond acceptors (Lipinski definition) is 3. The molecule has 1 heterocycles. The van der Waals surface area contributed by atoms with Crippen molar-refractivity contribution >= 4 is 17.6 Å². The minimum atomic E-state index is 0.819. The highest BCUT2D eigenvalue weighted by Gasteiger charge is 1.95. The highest BCUT2D eigenvalue weighted by molar-refractivity contribution is 8.05. The van der Waals surface area contributed by atoms with E-state index in [1.807, 2.05) is 25.1 Å². The van der Waals surface area contributed by atoms with Crippen LogP contribution in [0.15, 0.2) is 41.8 Å². The number of thioether (sulfide) groups is 1. The Balaban J connectivity index is 2.63. The van der Waals surface area contributed by atoms with Crippen LogP contribution >= 0.6 is 11.8 Å². The second-order valence-electron chi connectivity index (χ2n) is 2.50. The van der Waals surface area contributed by atoms with E-state index >= 15 is 0 Å². The lowest BCUT2D eigenvalue weighted by Gasteiger charge is -2.05. The van der Waals surface area contributed by atoms with Crippen LogP contribution in [0.2, 0.25) is 0 Å². The second-order valence-corrected chi connectivity index (χ2v) is 3.56. The van der Waals surface area contributed by atoms with Crippen LogP contribution < -0.4 is 5.32 Å². The van der Waals surface area contributed by atoms with Gasteiger partial charge in [-0.2, -0.15) is 0 Å². The molecule has 68 valence electrons. The van der Waals surface area contributed by atoms with Crippen molar-refractivity contribution in [2.45, 2.75) is 6.92 Å². The summed E-state index contributed by atoms with van der Waals surface area (Å²) in [6, 6.07) is 5.81. The summed E-state index contributed by atoms with van der Waals surface area (Å²) in [6.07, 6.45) is 0. The van der Waals surface area contributed by atoms with Crippen LogP contribution in [0.3, 0.4) is 0 Å². The van der Waals surface area contributed by atoms with Gasteiger partial charge in [-0.15, -0.1) is 0 Å². The Hall–Kier alpha value is -1.22. The molecule has 0 aliphatic carbocycles. The highest BCUT2D eigenvalue weighted by atomic mass is 32.2. The predicted octanol–water partition coefficient (Wildman–Crippen LogP) is 3.15. The van der Waals surface area contributed by atoms with Gasteiger partial charge in [0.1, 0.15) is 5.82 Å². The number of aromatic nitrogens is 1. The third kappa shape index (κ3) is 3.34. The standard InChI is InChI=1S/C10H12N2S/c1-4-13-9(3)12-10-7-5-6-8(2)11-10/h4-7H,1,3H2,2H3,(H,11,12). The Labute approximate surface area is 82.8 Å². The van der Waals surface area contributed by atoms with Gasteiger partial charge < -0.3 is 5.32 Å². The molecule has 0 aliphatic rings. The zero-order chi connectivity index (χ0) is 9.68. The van der Waals surface area contributed by atoms with E-state index in [9.17, 15) is 0 Å². The van der Waals surface area contributed by atoms with Crippen LogP contribution in [0, 0.1) is 6.92 Å². The molecular formula is C10H12N2S. The first-order chi connectivity index (χ1) is 6.22. The van der Waals surface area contributed by atoms with Gasteiger partial charge in [-0.1, -0.05) is 31.0 Å². The first-order valence-electron chi connectivity index (χ1n) is 3.89. The fraction of sp³-hybridized carbons (Fsp3) is 0.100. The molecule has 0 bridgehead atoms. The van der Waals surface area contributed by atoms with E-state index in [2.05, 4.69) is 23.5 Å². The molecule has 3 heteroatoms. The van der Waals surface area contributed by atoms with Gasteiger partial charge in [-0.3, -0.25) is 0 Å². The molecule has 0 saturated carbocycles. The quantitative estimate of drug-likeness (QED) is 0.793. The summed E-state index contributed by atoms with van der Waals surface area (Å²) in [4.78, 5) is 4.28. The smallest absolute Gasteiger partial charge is 0.130 e. The zero-order valence-electron chi connectivity index (χ0n) is 7.58.